The zero-order chi connectivity index (χ0) is 25.2. The molecule has 1 aliphatic rings. The predicted octanol–water partition coefficient (Wildman–Crippen LogP) is 3.42. The first kappa shape index (κ1) is 24.6. The minimum Gasteiger partial charge on any atom is -0.350 e. The Morgan fingerprint density at radius 1 is 0.914 bits per heavy atom. The van der Waals surface area contributed by atoms with E-state index < -0.39 is 27.4 Å². The lowest BCUT2D eigenvalue weighted by molar-refractivity contribution is -0.133. The number of hydrogen-bond acceptors (Lipinski definition) is 4. The quantitative estimate of drug-likeness (QED) is 0.573. The van der Waals surface area contributed by atoms with E-state index in [-0.39, 0.29) is 24.5 Å². The van der Waals surface area contributed by atoms with Crippen molar-refractivity contribution in [3.8, 4) is 0 Å². The number of anilines is 1. The number of aryl methyl sites for hydroxylation is 2. The number of carbonyl (C=O) groups is 2. The third-order valence-electron chi connectivity index (χ3n) is 6.27. The molecule has 1 heterocycles. The van der Waals surface area contributed by atoms with Gasteiger partial charge in [0.1, 0.15) is 5.54 Å². The molecular weight excluding hydrogens is 462 g/mol. The molecule has 0 radical (unpaired) electrons. The molecule has 35 heavy (non-hydrogen) atoms. The summed E-state index contributed by atoms with van der Waals surface area (Å²) in [5, 5.41) is 2.91. The average molecular weight is 492 g/mol. The van der Waals surface area contributed by atoms with Crippen LogP contribution in [0.4, 0.5) is 5.69 Å². The Morgan fingerprint density at radius 3 is 2.09 bits per heavy atom. The smallest absolute Gasteiger partial charge is 0.247 e. The van der Waals surface area contributed by atoms with E-state index in [0.29, 0.717) is 5.69 Å². The maximum atomic E-state index is 13.6. The van der Waals surface area contributed by atoms with E-state index in [1.165, 1.54) is 17.0 Å². The van der Waals surface area contributed by atoms with Crippen molar-refractivity contribution in [1.82, 2.24) is 9.62 Å². The zero-order valence-electron chi connectivity index (χ0n) is 20.1. The summed E-state index contributed by atoms with van der Waals surface area (Å²) in [5.41, 5.74) is 1.92. The van der Waals surface area contributed by atoms with Crippen molar-refractivity contribution in [2.24, 2.45) is 0 Å². The number of benzene rings is 3. The van der Waals surface area contributed by atoms with Gasteiger partial charge in [-0.3, -0.25) is 14.5 Å². The Balaban J connectivity index is 1.70. The number of amides is 2. The lowest BCUT2D eigenvalue weighted by Gasteiger charge is -2.46. The van der Waals surface area contributed by atoms with Gasteiger partial charge in [0.15, 0.2) is 0 Å². The van der Waals surface area contributed by atoms with Crippen LogP contribution in [0.2, 0.25) is 0 Å². The van der Waals surface area contributed by atoms with Gasteiger partial charge < -0.3 is 5.32 Å². The fraction of sp³-hybridized carbons (Fsp3) is 0.259. The van der Waals surface area contributed by atoms with E-state index in [2.05, 4.69) is 5.32 Å². The fourth-order valence-electron chi connectivity index (χ4n) is 4.26. The Bertz CT molecular complexity index is 1320. The molecule has 4 rings (SSSR count). The second kappa shape index (κ2) is 9.64. The van der Waals surface area contributed by atoms with Gasteiger partial charge >= 0.3 is 0 Å². The molecule has 3 aromatic rings. The van der Waals surface area contributed by atoms with E-state index in [1.54, 1.807) is 31.2 Å². The summed E-state index contributed by atoms with van der Waals surface area (Å²) in [5.74, 6) is -0.896. The summed E-state index contributed by atoms with van der Waals surface area (Å²) in [6.07, 6.45) is 0. The van der Waals surface area contributed by atoms with E-state index in [1.807, 2.05) is 56.3 Å². The summed E-state index contributed by atoms with van der Waals surface area (Å²) in [6.45, 7) is 5.14. The minimum atomic E-state index is -3.99. The lowest BCUT2D eigenvalue weighted by Crippen LogP contribution is -2.70. The van der Waals surface area contributed by atoms with Crippen LogP contribution in [-0.4, -0.2) is 43.2 Å². The van der Waals surface area contributed by atoms with Crippen molar-refractivity contribution >= 4 is 27.5 Å². The van der Waals surface area contributed by atoms with Crippen LogP contribution in [0.5, 0.6) is 0 Å². The topological polar surface area (TPSA) is 86.8 Å². The second-order valence-electron chi connectivity index (χ2n) is 9.09. The van der Waals surface area contributed by atoms with E-state index in [9.17, 15) is 18.0 Å². The van der Waals surface area contributed by atoms with Gasteiger partial charge in [0, 0.05) is 18.8 Å². The molecule has 0 bridgehead atoms. The van der Waals surface area contributed by atoms with Gasteiger partial charge in [-0.25, -0.2) is 8.42 Å². The number of hydrogen-bond donors (Lipinski definition) is 1. The summed E-state index contributed by atoms with van der Waals surface area (Å²) >= 11 is 0. The Hall–Kier alpha value is -3.49. The molecule has 1 atom stereocenters. The van der Waals surface area contributed by atoms with Crippen LogP contribution >= 0.6 is 0 Å². The summed E-state index contributed by atoms with van der Waals surface area (Å²) in [4.78, 5) is 28.6. The third kappa shape index (κ3) is 4.99. The molecule has 0 unspecified atom stereocenters. The highest BCUT2D eigenvalue weighted by molar-refractivity contribution is 7.89. The highest BCUT2D eigenvalue weighted by Crippen LogP contribution is 2.32. The molecule has 1 saturated heterocycles. The second-order valence-corrected chi connectivity index (χ2v) is 11.0. The fourth-order valence-corrected chi connectivity index (χ4v) is 5.74. The van der Waals surface area contributed by atoms with Gasteiger partial charge in [-0.1, -0.05) is 65.7 Å². The van der Waals surface area contributed by atoms with Crippen LogP contribution in [0.1, 0.15) is 23.6 Å². The minimum absolute atomic E-state index is 0.0896. The Labute approximate surface area is 206 Å². The summed E-state index contributed by atoms with van der Waals surface area (Å²) in [6, 6.07) is 23.2. The molecule has 182 valence electrons. The van der Waals surface area contributed by atoms with Crippen LogP contribution in [-0.2, 0) is 26.2 Å². The number of sulfonamides is 1. The number of nitrogens with one attached hydrogen (secondary N) is 1. The van der Waals surface area contributed by atoms with Crippen molar-refractivity contribution < 1.29 is 18.0 Å². The highest BCUT2D eigenvalue weighted by atomic mass is 32.2. The maximum absolute atomic E-state index is 13.6. The van der Waals surface area contributed by atoms with Crippen LogP contribution in [0.25, 0.3) is 0 Å². The molecule has 3 aromatic carbocycles. The number of nitrogens with zero attached hydrogens (tertiary/aromatic N) is 2. The molecule has 0 spiro atoms. The molecular formula is C27H29N3O4S. The molecule has 0 saturated carbocycles. The van der Waals surface area contributed by atoms with Gasteiger partial charge in [0.05, 0.1) is 11.4 Å². The van der Waals surface area contributed by atoms with Gasteiger partial charge in [-0.05, 0) is 50.6 Å². The Kier molecular flexibility index (Phi) is 6.78. The van der Waals surface area contributed by atoms with E-state index in [4.69, 9.17) is 0 Å². The van der Waals surface area contributed by atoms with E-state index >= 15 is 0 Å². The van der Waals surface area contributed by atoms with Crippen LogP contribution in [0.15, 0.2) is 83.8 Å². The summed E-state index contributed by atoms with van der Waals surface area (Å²) in [7, 11) is -3.99. The van der Waals surface area contributed by atoms with Crippen molar-refractivity contribution in [1.29, 1.82) is 0 Å². The first-order valence-corrected chi connectivity index (χ1v) is 12.8. The molecule has 7 nitrogen and oxygen atoms in total. The summed E-state index contributed by atoms with van der Waals surface area (Å²) < 4.78 is 28.0. The third-order valence-corrected chi connectivity index (χ3v) is 8.08. The average Bonchev–Trinajstić information content (AvgIpc) is 2.84. The van der Waals surface area contributed by atoms with Crippen LogP contribution in [0, 0.1) is 13.8 Å². The molecule has 1 fully saturated rings. The SMILES string of the molecule is Cc1ccc(N2C(=O)CN(S(=O)(=O)c3ccc(C)cc3)C[C@@]2(C)C(=O)NCc2ccccc2)cc1. The first-order chi connectivity index (χ1) is 16.6. The van der Waals surface area contributed by atoms with Gasteiger partial charge in [-0.2, -0.15) is 4.31 Å². The predicted molar refractivity (Wildman–Crippen MR) is 135 cm³/mol. The first-order valence-electron chi connectivity index (χ1n) is 11.4. The lowest BCUT2D eigenvalue weighted by atomic mass is 9.94. The molecule has 2 amide bonds. The van der Waals surface area contributed by atoms with Crippen molar-refractivity contribution in [2.75, 3.05) is 18.0 Å². The van der Waals surface area contributed by atoms with Gasteiger partial charge in [0.2, 0.25) is 21.8 Å². The van der Waals surface area contributed by atoms with Crippen molar-refractivity contribution in [2.45, 2.75) is 37.8 Å². The monoisotopic (exact) mass is 491 g/mol. The standard InChI is InChI=1S/C27H29N3O4S/c1-20-9-13-23(14-10-20)30-25(31)18-29(35(33,34)24-15-11-21(2)12-16-24)19-27(30,3)26(32)28-17-22-7-5-4-6-8-22/h4-16H,17-19H2,1-3H3,(H,28,32)/t27-/m0/s1. The Morgan fingerprint density at radius 2 is 1.49 bits per heavy atom. The molecule has 0 aliphatic carbocycles. The van der Waals surface area contributed by atoms with Crippen molar-refractivity contribution in [3.63, 3.8) is 0 Å². The van der Waals surface area contributed by atoms with E-state index in [0.717, 1.165) is 21.0 Å². The molecule has 1 aliphatic heterocycles. The molecule has 0 aromatic heterocycles. The number of piperazine rings is 1. The highest BCUT2D eigenvalue weighted by Gasteiger charge is 2.51. The van der Waals surface area contributed by atoms with Gasteiger partial charge in [-0.15, -0.1) is 0 Å². The largest absolute Gasteiger partial charge is 0.350 e. The number of rotatable bonds is 6. The molecule has 8 heteroatoms. The normalized spacial score (nSPS) is 18.9. The molecule has 1 N–H and O–H groups in total. The van der Waals surface area contributed by atoms with Crippen molar-refractivity contribution in [3.05, 3.63) is 95.6 Å². The van der Waals surface area contributed by atoms with Crippen LogP contribution in [0.3, 0.4) is 0 Å². The van der Waals surface area contributed by atoms with Gasteiger partial charge in [0.25, 0.3) is 0 Å². The zero-order valence-corrected chi connectivity index (χ0v) is 20.9. The number of carbonyl (C=O) groups excluding carboxylic acids is 2. The van der Waals surface area contributed by atoms with Crippen LogP contribution < -0.4 is 10.2 Å². The maximum Gasteiger partial charge on any atom is 0.247 e.